The van der Waals surface area contributed by atoms with Gasteiger partial charge in [0.15, 0.2) is 0 Å². The lowest BCUT2D eigenvalue weighted by atomic mass is 10.0. The lowest BCUT2D eigenvalue weighted by molar-refractivity contribution is -0.129. The summed E-state index contributed by atoms with van der Waals surface area (Å²) in [5.74, 6) is -0.372. The topological polar surface area (TPSA) is 49.9 Å². The molecule has 2 amide bonds. The van der Waals surface area contributed by atoms with Crippen molar-refractivity contribution in [3.63, 3.8) is 0 Å². The van der Waals surface area contributed by atoms with E-state index in [9.17, 15) is 9.59 Å². The molecule has 1 aliphatic heterocycles. The van der Waals surface area contributed by atoms with Crippen LogP contribution in [0, 0.1) is 0 Å². The number of hydrogen-bond donors (Lipinski definition) is 0. The largest absolute Gasteiger partial charge is 0.443 e. The minimum absolute atomic E-state index is 0.227. The molecule has 0 aromatic heterocycles. The van der Waals surface area contributed by atoms with E-state index in [0.717, 1.165) is 10.5 Å². The quantitative estimate of drug-likeness (QED) is 0.448. The Balaban J connectivity index is 2.21. The molecule has 2 aromatic carbocycles. The molecule has 170 valence electrons. The van der Waals surface area contributed by atoms with Gasteiger partial charge in [-0.05, 0) is 51.8 Å². The van der Waals surface area contributed by atoms with E-state index in [2.05, 4.69) is 6.58 Å². The molecule has 0 N–H and O–H groups in total. The summed E-state index contributed by atoms with van der Waals surface area (Å²) in [5, 5.41) is 0.738. The Labute approximate surface area is 199 Å². The van der Waals surface area contributed by atoms with Crippen LogP contribution in [0.5, 0.6) is 0 Å². The van der Waals surface area contributed by atoms with E-state index in [1.165, 1.54) is 0 Å². The average molecular weight is 475 g/mol. The van der Waals surface area contributed by atoms with Gasteiger partial charge in [-0.2, -0.15) is 0 Å². The van der Waals surface area contributed by atoms with Crippen molar-refractivity contribution in [2.24, 2.45) is 0 Å². The number of benzene rings is 2. The van der Waals surface area contributed by atoms with Gasteiger partial charge >= 0.3 is 6.09 Å². The molecular formula is C25H28Cl2N2O3. The van der Waals surface area contributed by atoms with Gasteiger partial charge in [0.25, 0.3) is 5.91 Å². The highest BCUT2D eigenvalue weighted by molar-refractivity contribution is 6.36. The van der Waals surface area contributed by atoms with E-state index < -0.39 is 23.9 Å². The minimum atomic E-state index is -0.835. The SMILES string of the molecule is C=CC[C@H]1C(=O)N(C(=O)OC(C)(C)C)[C@H](c2c(Cl)cccc2Cl)N1[C@@H](C)c1ccccc1. The van der Waals surface area contributed by atoms with Crippen molar-refractivity contribution in [2.75, 3.05) is 0 Å². The fourth-order valence-corrected chi connectivity index (χ4v) is 4.61. The molecule has 1 aliphatic rings. The van der Waals surface area contributed by atoms with Crippen LogP contribution >= 0.6 is 23.2 Å². The first-order valence-electron chi connectivity index (χ1n) is 10.5. The van der Waals surface area contributed by atoms with Crippen molar-refractivity contribution in [1.82, 2.24) is 9.80 Å². The third-order valence-electron chi connectivity index (χ3n) is 5.38. The molecule has 3 atom stereocenters. The Morgan fingerprint density at radius 2 is 1.72 bits per heavy atom. The Kier molecular flexibility index (Phi) is 7.33. The van der Waals surface area contributed by atoms with Crippen molar-refractivity contribution in [3.8, 4) is 0 Å². The maximum absolute atomic E-state index is 13.6. The maximum atomic E-state index is 13.6. The second kappa shape index (κ2) is 9.65. The number of carbonyl (C=O) groups excluding carboxylic acids is 2. The first-order chi connectivity index (χ1) is 15.1. The first-order valence-corrected chi connectivity index (χ1v) is 11.3. The molecule has 0 aliphatic carbocycles. The van der Waals surface area contributed by atoms with E-state index in [1.54, 1.807) is 45.0 Å². The van der Waals surface area contributed by atoms with E-state index >= 15 is 0 Å². The number of imide groups is 1. The molecule has 0 saturated carbocycles. The highest BCUT2D eigenvalue weighted by atomic mass is 35.5. The fraction of sp³-hybridized carbons (Fsp3) is 0.360. The van der Waals surface area contributed by atoms with Crippen LogP contribution in [0.25, 0.3) is 0 Å². The summed E-state index contributed by atoms with van der Waals surface area (Å²) in [6, 6.07) is 14.1. The minimum Gasteiger partial charge on any atom is -0.443 e. The standard InChI is InChI=1S/C25H28Cl2N2O3/c1-6-11-20-23(30)29(24(31)32-25(3,4)5)22(21-18(26)14-10-15-19(21)27)28(20)16(2)17-12-8-7-9-13-17/h6-10,12-16,20,22H,1,11H2,2-5H3/t16-,20-,22+/m0/s1. The van der Waals surface area contributed by atoms with Crippen LogP contribution in [0.3, 0.4) is 0 Å². The van der Waals surface area contributed by atoms with Crippen molar-refractivity contribution in [1.29, 1.82) is 0 Å². The maximum Gasteiger partial charge on any atom is 0.418 e. The number of hydrogen-bond acceptors (Lipinski definition) is 4. The molecule has 3 rings (SSSR count). The van der Waals surface area contributed by atoms with Gasteiger partial charge in [0.2, 0.25) is 0 Å². The Hall–Kier alpha value is -2.34. The van der Waals surface area contributed by atoms with Crippen LogP contribution in [0.4, 0.5) is 4.79 Å². The molecule has 32 heavy (non-hydrogen) atoms. The second-order valence-corrected chi connectivity index (χ2v) is 9.59. The molecule has 1 heterocycles. The van der Waals surface area contributed by atoms with Crippen molar-refractivity contribution in [3.05, 3.63) is 82.4 Å². The van der Waals surface area contributed by atoms with E-state index in [4.69, 9.17) is 27.9 Å². The predicted octanol–water partition coefficient (Wildman–Crippen LogP) is 6.78. The van der Waals surface area contributed by atoms with Crippen LogP contribution < -0.4 is 0 Å². The molecule has 0 radical (unpaired) electrons. The van der Waals surface area contributed by atoms with Crippen LogP contribution in [-0.4, -0.2) is 33.4 Å². The van der Waals surface area contributed by atoms with Crippen molar-refractivity contribution >= 4 is 35.2 Å². The molecule has 0 spiro atoms. The molecular weight excluding hydrogens is 447 g/mol. The van der Waals surface area contributed by atoms with Gasteiger partial charge in [0.1, 0.15) is 11.8 Å². The number of carbonyl (C=O) groups is 2. The molecule has 0 bridgehead atoms. The summed E-state index contributed by atoms with van der Waals surface area (Å²) in [4.78, 5) is 30.0. The number of ether oxygens (including phenoxy) is 1. The van der Waals surface area contributed by atoms with Crippen LogP contribution in [0.1, 0.15) is 57.5 Å². The fourth-order valence-electron chi connectivity index (χ4n) is 4.01. The summed E-state index contributed by atoms with van der Waals surface area (Å²) < 4.78 is 5.61. The highest BCUT2D eigenvalue weighted by Crippen LogP contribution is 2.46. The number of nitrogens with zero attached hydrogens (tertiary/aromatic N) is 2. The normalized spacial score (nSPS) is 20.3. The van der Waals surface area contributed by atoms with E-state index in [-0.39, 0.29) is 11.9 Å². The van der Waals surface area contributed by atoms with Crippen LogP contribution in [0.15, 0.2) is 61.2 Å². The smallest absolute Gasteiger partial charge is 0.418 e. The van der Waals surface area contributed by atoms with E-state index in [1.807, 2.05) is 42.2 Å². The number of halogens is 2. The Bertz CT molecular complexity index is 984. The van der Waals surface area contributed by atoms with Crippen molar-refractivity contribution < 1.29 is 14.3 Å². The zero-order chi connectivity index (χ0) is 23.6. The third-order valence-corrected chi connectivity index (χ3v) is 6.04. The molecule has 1 fully saturated rings. The summed E-state index contributed by atoms with van der Waals surface area (Å²) in [5.41, 5.74) is 0.705. The predicted molar refractivity (Wildman–Crippen MR) is 128 cm³/mol. The second-order valence-electron chi connectivity index (χ2n) is 8.77. The zero-order valence-corrected chi connectivity index (χ0v) is 20.2. The molecule has 2 aromatic rings. The van der Waals surface area contributed by atoms with Gasteiger partial charge in [0, 0.05) is 21.7 Å². The Morgan fingerprint density at radius 3 is 2.25 bits per heavy atom. The monoisotopic (exact) mass is 474 g/mol. The molecule has 5 nitrogen and oxygen atoms in total. The lowest BCUT2D eigenvalue weighted by Gasteiger charge is -2.36. The number of rotatable bonds is 5. The summed E-state index contributed by atoms with van der Waals surface area (Å²) in [6.45, 7) is 11.1. The first kappa shape index (κ1) is 24.3. The van der Waals surface area contributed by atoms with Crippen molar-refractivity contribution in [2.45, 2.75) is 58.0 Å². The summed E-state index contributed by atoms with van der Waals surface area (Å²) in [6.07, 6.45) is 0.462. The van der Waals surface area contributed by atoms with Gasteiger partial charge in [-0.3, -0.25) is 9.69 Å². The lowest BCUT2D eigenvalue weighted by Crippen LogP contribution is -2.41. The van der Waals surface area contributed by atoms with Gasteiger partial charge in [-0.25, -0.2) is 9.69 Å². The summed E-state index contributed by atoms with van der Waals surface area (Å²) >= 11 is 13.2. The van der Waals surface area contributed by atoms with Gasteiger partial charge < -0.3 is 4.74 Å². The van der Waals surface area contributed by atoms with Crippen LogP contribution in [-0.2, 0) is 9.53 Å². The average Bonchev–Trinajstić information content (AvgIpc) is 2.99. The highest BCUT2D eigenvalue weighted by Gasteiger charge is 2.53. The van der Waals surface area contributed by atoms with Gasteiger partial charge in [-0.1, -0.05) is 65.7 Å². The summed E-state index contributed by atoms with van der Waals surface area (Å²) in [7, 11) is 0. The zero-order valence-electron chi connectivity index (χ0n) is 18.7. The van der Waals surface area contributed by atoms with Crippen LogP contribution in [0.2, 0.25) is 10.0 Å². The Morgan fingerprint density at radius 1 is 1.12 bits per heavy atom. The van der Waals surface area contributed by atoms with E-state index in [0.29, 0.717) is 22.0 Å². The third kappa shape index (κ3) is 4.85. The molecule has 7 heteroatoms. The van der Waals surface area contributed by atoms with Gasteiger partial charge in [0.05, 0.1) is 6.04 Å². The molecule has 1 saturated heterocycles. The van der Waals surface area contributed by atoms with Gasteiger partial charge in [-0.15, -0.1) is 6.58 Å². The number of amides is 2. The molecule has 0 unspecified atom stereocenters.